The molecule has 0 bridgehead atoms. The van der Waals surface area contributed by atoms with E-state index in [1.807, 2.05) is 29.7 Å². The summed E-state index contributed by atoms with van der Waals surface area (Å²) in [5.74, 6) is 0.681. The van der Waals surface area contributed by atoms with Gasteiger partial charge in [0.2, 0.25) is 0 Å². The number of hydrogen-bond donors (Lipinski definition) is 2. The van der Waals surface area contributed by atoms with Gasteiger partial charge in [-0.2, -0.15) is 0 Å². The first-order valence-corrected chi connectivity index (χ1v) is 10.4. The van der Waals surface area contributed by atoms with E-state index in [-0.39, 0.29) is 6.10 Å². The zero-order chi connectivity index (χ0) is 19.1. The fourth-order valence-corrected chi connectivity index (χ4v) is 4.78. The minimum Gasteiger partial charge on any atom is -0.447 e. The smallest absolute Gasteiger partial charge is 0.404 e. The van der Waals surface area contributed by atoms with Crippen molar-refractivity contribution in [2.75, 3.05) is 5.73 Å². The van der Waals surface area contributed by atoms with Gasteiger partial charge in [0.25, 0.3) is 0 Å². The Morgan fingerprint density at radius 3 is 2.54 bits per heavy atom. The summed E-state index contributed by atoms with van der Waals surface area (Å²) in [7, 11) is 0. The van der Waals surface area contributed by atoms with Crippen LogP contribution in [-0.2, 0) is 4.74 Å². The number of amides is 1. The summed E-state index contributed by atoms with van der Waals surface area (Å²) in [6.07, 6.45) is 7.89. The first-order valence-electron chi connectivity index (χ1n) is 8.84. The summed E-state index contributed by atoms with van der Waals surface area (Å²) in [4.78, 5) is 15.7. The lowest BCUT2D eigenvalue weighted by atomic mass is 9.90. The second-order valence-corrected chi connectivity index (χ2v) is 8.54. The van der Waals surface area contributed by atoms with Gasteiger partial charge in [-0.1, -0.05) is 41.3 Å². The van der Waals surface area contributed by atoms with E-state index in [0.717, 1.165) is 10.2 Å². The van der Waals surface area contributed by atoms with E-state index in [1.54, 1.807) is 13.8 Å². The van der Waals surface area contributed by atoms with Gasteiger partial charge in [0.05, 0.1) is 16.0 Å². The Bertz CT molecular complexity index is 727. The predicted octanol–water partition coefficient (Wildman–Crippen LogP) is 5.69. The normalized spacial score (nSPS) is 14.6. The molecule has 0 aliphatic heterocycles. The van der Waals surface area contributed by atoms with Crippen molar-refractivity contribution in [3.8, 4) is 10.4 Å². The lowest BCUT2D eigenvalue weighted by molar-refractivity contribution is 0.125. The highest BCUT2D eigenvalue weighted by atomic mass is 79.9. The monoisotopic (exact) mass is 439 g/mol. The first-order chi connectivity index (χ1) is 12.4. The maximum atomic E-state index is 9.81. The summed E-state index contributed by atoms with van der Waals surface area (Å²) in [6.45, 7) is 3.48. The maximum Gasteiger partial charge on any atom is 0.404 e. The molecule has 0 saturated heterocycles. The van der Waals surface area contributed by atoms with Gasteiger partial charge in [-0.25, -0.2) is 9.78 Å². The van der Waals surface area contributed by atoms with Crippen molar-refractivity contribution in [2.24, 2.45) is 5.73 Å². The molecule has 26 heavy (non-hydrogen) atoms. The Morgan fingerprint density at radius 2 is 2.00 bits per heavy atom. The molecule has 1 aromatic carbocycles. The van der Waals surface area contributed by atoms with Crippen molar-refractivity contribution in [1.82, 2.24) is 4.98 Å². The third-order valence-electron chi connectivity index (χ3n) is 4.09. The van der Waals surface area contributed by atoms with Crippen molar-refractivity contribution in [3.05, 3.63) is 33.9 Å². The molecule has 2 aromatic rings. The number of thiazole rings is 1. The Hall–Kier alpha value is -1.60. The van der Waals surface area contributed by atoms with Gasteiger partial charge < -0.3 is 16.2 Å². The van der Waals surface area contributed by atoms with E-state index < -0.39 is 6.09 Å². The number of ether oxygens (including phenoxy) is 1. The minimum atomic E-state index is -0.713. The SMILES string of the molecule is CC(C)OC(N)=O.Nc1ccc(-c2cnc(C3CCCCC3)s2)c(Br)c1. The number of halogens is 1. The zero-order valence-electron chi connectivity index (χ0n) is 15.2. The van der Waals surface area contributed by atoms with Crippen LogP contribution in [0.5, 0.6) is 0 Å². The summed E-state index contributed by atoms with van der Waals surface area (Å²) in [5, 5.41) is 1.30. The highest BCUT2D eigenvalue weighted by Gasteiger charge is 2.19. The van der Waals surface area contributed by atoms with Gasteiger partial charge in [-0.3, -0.25) is 0 Å². The summed E-state index contributed by atoms with van der Waals surface area (Å²) in [5.41, 5.74) is 12.4. The molecule has 0 unspecified atom stereocenters. The Labute approximate surface area is 167 Å². The van der Waals surface area contributed by atoms with Crippen LogP contribution in [0.1, 0.15) is 56.9 Å². The molecule has 5 nitrogen and oxygen atoms in total. The van der Waals surface area contributed by atoms with E-state index in [4.69, 9.17) is 5.73 Å². The molecule has 0 spiro atoms. The molecule has 1 aromatic heterocycles. The molecule has 1 fully saturated rings. The number of hydrogen-bond acceptors (Lipinski definition) is 5. The van der Waals surface area contributed by atoms with E-state index >= 15 is 0 Å². The predicted molar refractivity (Wildman–Crippen MR) is 111 cm³/mol. The summed E-state index contributed by atoms with van der Waals surface area (Å²) in [6, 6.07) is 5.97. The van der Waals surface area contributed by atoms with Crippen molar-refractivity contribution >= 4 is 39.0 Å². The topological polar surface area (TPSA) is 91.2 Å². The Balaban J connectivity index is 0.000000298. The van der Waals surface area contributed by atoms with Crippen LogP contribution in [0, 0.1) is 0 Å². The average Bonchev–Trinajstić information content (AvgIpc) is 3.04. The maximum absolute atomic E-state index is 9.81. The molecule has 1 aliphatic carbocycles. The van der Waals surface area contributed by atoms with Crippen LogP contribution in [0.25, 0.3) is 10.4 Å². The number of nitrogens with zero attached hydrogens (tertiary/aromatic N) is 1. The van der Waals surface area contributed by atoms with Gasteiger partial charge in [0.15, 0.2) is 0 Å². The lowest BCUT2D eigenvalue weighted by Gasteiger charge is -2.18. The summed E-state index contributed by atoms with van der Waals surface area (Å²) < 4.78 is 5.44. The molecule has 0 radical (unpaired) electrons. The minimum absolute atomic E-state index is 0.0995. The van der Waals surface area contributed by atoms with Gasteiger partial charge in [0.1, 0.15) is 0 Å². The van der Waals surface area contributed by atoms with Crippen molar-refractivity contribution in [2.45, 2.75) is 58.0 Å². The quantitative estimate of drug-likeness (QED) is 0.600. The highest BCUT2D eigenvalue weighted by Crippen LogP contribution is 2.39. The van der Waals surface area contributed by atoms with Crippen LogP contribution in [-0.4, -0.2) is 17.2 Å². The third-order valence-corrected chi connectivity index (χ3v) is 5.94. The van der Waals surface area contributed by atoms with Crippen LogP contribution in [0.2, 0.25) is 0 Å². The largest absolute Gasteiger partial charge is 0.447 e. The number of anilines is 1. The molecular formula is C19H26BrN3O2S. The molecule has 3 rings (SSSR count). The molecule has 142 valence electrons. The molecule has 1 heterocycles. The highest BCUT2D eigenvalue weighted by molar-refractivity contribution is 9.10. The Morgan fingerprint density at radius 1 is 1.31 bits per heavy atom. The Kier molecular flexibility index (Phi) is 7.90. The zero-order valence-corrected chi connectivity index (χ0v) is 17.6. The number of carbonyl (C=O) groups excluding carboxylic acids is 1. The van der Waals surface area contributed by atoms with E-state index in [0.29, 0.717) is 5.92 Å². The van der Waals surface area contributed by atoms with Gasteiger partial charge in [-0.15, -0.1) is 11.3 Å². The average molecular weight is 440 g/mol. The molecular weight excluding hydrogens is 414 g/mol. The second kappa shape index (κ2) is 9.92. The van der Waals surface area contributed by atoms with Gasteiger partial charge >= 0.3 is 6.09 Å². The number of primary amides is 1. The molecule has 1 amide bonds. The lowest BCUT2D eigenvalue weighted by Crippen LogP contribution is -2.17. The van der Waals surface area contributed by atoms with Crippen LogP contribution in [0.4, 0.5) is 10.5 Å². The standard InChI is InChI=1S/C15H17BrN2S.C4H9NO2/c16-13-8-11(17)6-7-12(13)14-9-18-15(19-14)10-4-2-1-3-5-10;1-3(2)7-4(5)6/h6-10H,1-5,17H2;3H,1-2H3,(H2,5,6). The van der Waals surface area contributed by atoms with Gasteiger partial charge in [-0.05, 0) is 38.8 Å². The fraction of sp³-hybridized carbons (Fsp3) is 0.474. The molecule has 1 aliphatic rings. The number of nitrogen functional groups attached to an aromatic ring is 1. The molecule has 1 saturated carbocycles. The van der Waals surface area contributed by atoms with Crippen LogP contribution >= 0.6 is 27.3 Å². The number of carbonyl (C=O) groups is 1. The fourth-order valence-electron chi connectivity index (χ4n) is 2.91. The van der Waals surface area contributed by atoms with E-state index in [1.165, 1.54) is 47.6 Å². The van der Waals surface area contributed by atoms with E-state index in [2.05, 4.69) is 37.5 Å². The van der Waals surface area contributed by atoms with Crippen LogP contribution < -0.4 is 11.5 Å². The van der Waals surface area contributed by atoms with Crippen molar-refractivity contribution < 1.29 is 9.53 Å². The van der Waals surface area contributed by atoms with Crippen LogP contribution in [0.3, 0.4) is 0 Å². The molecule has 7 heteroatoms. The van der Waals surface area contributed by atoms with Gasteiger partial charge in [0, 0.05) is 27.8 Å². The third kappa shape index (κ3) is 6.29. The second-order valence-electron chi connectivity index (χ2n) is 6.62. The number of benzene rings is 1. The van der Waals surface area contributed by atoms with Crippen LogP contribution in [0.15, 0.2) is 28.9 Å². The first kappa shape index (κ1) is 20.7. The molecule has 0 atom stereocenters. The molecule has 4 N–H and O–H groups in total. The van der Waals surface area contributed by atoms with Crippen molar-refractivity contribution in [1.29, 1.82) is 0 Å². The number of aromatic nitrogens is 1. The summed E-state index contributed by atoms with van der Waals surface area (Å²) >= 11 is 5.42. The van der Waals surface area contributed by atoms with E-state index in [9.17, 15) is 4.79 Å². The number of nitrogens with two attached hydrogens (primary N) is 2. The number of rotatable bonds is 3. The van der Waals surface area contributed by atoms with Crippen molar-refractivity contribution in [3.63, 3.8) is 0 Å².